The third kappa shape index (κ3) is 2.58. The molecule has 0 bridgehead atoms. The third-order valence-electron chi connectivity index (χ3n) is 3.78. The zero-order valence-corrected chi connectivity index (χ0v) is 13.3. The smallest absolute Gasteiger partial charge is 0.260 e. The second-order valence-corrected chi connectivity index (χ2v) is 6.30. The van der Waals surface area contributed by atoms with E-state index in [0.717, 1.165) is 36.9 Å². The monoisotopic (exact) mass is 305 g/mol. The highest BCUT2D eigenvalue weighted by atomic mass is 32.1. The van der Waals surface area contributed by atoms with Crippen LogP contribution in [0.2, 0.25) is 0 Å². The van der Waals surface area contributed by atoms with Crippen LogP contribution in [0, 0.1) is 0 Å². The largest absolute Gasteiger partial charge is 0.360 e. The first-order valence-electron chi connectivity index (χ1n) is 7.08. The number of likely N-dealkylation sites (N-methyl/N-ethyl adjacent to an activating group) is 1. The van der Waals surface area contributed by atoms with Crippen LogP contribution in [0.1, 0.15) is 18.2 Å². The molecule has 6 nitrogen and oxygen atoms in total. The van der Waals surface area contributed by atoms with Crippen molar-refractivity contribution in [2.75, 3.05) is 25.5 Å². The normalized spacial score (nSPS) is 15.0. The summed E-state index contributed by atoms with van der Waals surface area (Å²) in [5.41, 5.74) is 3.00. The number of rotatable bonds is 3. The molecule has 112 valence electrons. The molecule has 0 radical (unpaired) electrons. The fraction of sp³-hybridized carbons (Fsp3) is 0.500. The Morgan fingerprint density at radius 1 is 1.38 bits per heavy atom. The van der Waals surface area contributed by atoms with Crippen LogP contribution in [0.3, 0.4) is 0 Å². The molecule has 0 atom stereocenters. The van der Waals surface area contributed by atoms with Crippen molar-refractivity contribution in [1.82, 2.24) is 19.7 Å². The van der Waals surface area contributed by atoms with Crippen LogP contribution in [0.5, 0.6) is 0 Å². The summed E-state index contributed by atoms with van der Waals surface area (Å²) in [6.07, 6.45) is 0.913. The van der Waals surface area contributed by atoms with Crippen molar-refractivity contribution in [1.29, 1.82) is 0 Å². The van der Waals surface area contributed by atoms with E-state index in [4.69, 9.17) is 0 Å². The number of anilines is 1. The summed E-state index contributed by atoms with van der Waals surface area (Å²) in [4.78, 5) is 14.8. The van der Waals surface area contributed by atoms with E-state index in [2.05, 4.69) is 27.5 Å². The Balaban J connectivity index is 2.08. The van der Waals surface area contributed by atoms with Gasteiger partial charge in [0.25, 0.3) is 5.56 Å². The number of hydrogen-bond acceptors (Lipinski definition) is 6. The molecule has 7 heteroatoms. The van der Waals surface area contributed by atoms with Gasteiger partial charge in [-0.25, -0.2) is 0 Å². The van der Waals surface area contributed by atoms with Gasteiger partial charge in [0.1, 0.15) is 0 Å². The number of nitrogens with one attached hydrogen (secondary N) is 1. The van der Waals surface area contributed by atoms with Crippen LogP contribution in [0.15, 0.2) is 10.9 Å². The minimum Gasteiger partial charge on any atom is -0.360 e. The molecule has 0 unspecified atom stereocenters. The van der Waals surface area contributed by atoms with Gasteiger partial charge in [0.2, 0.25) is 5.13 Å². The number of nitrogens with zero attached hydrogens (tertiary/aromatic N) is 4. The first kappa shape index (κ1) is 14.2. The molecule has 0 saturated carbocycles. The SMILES string of the molecule is CCNc1nnc(-c2cc3c(n(C)c2=O)CCN(C)C3)s1. The Labute approximate surface area is 127 Å². The number of pyridine rings is 1. The van der Waals surface area contributed by atoms with Gasteiger partial charge in [-0.2, -0.15) is 0 Å². The lowest BCUT2D eigenvalue weighted by atomic mass is 10.0. The summed E-state index contributed by atoms with van der Waals surface area (Å²) >= 11 is 1.42. The van der Waals surface area contributed by atoms with Crippen LogP contribution in [0.25, 0.3) is 10.6 Å². The predicted octanol–water partition coefficient (Wildman–Crippen LogP) is 1.32. The molecule has 0 spiro atoms. The van der Waals surface area contributed by atoms with Gasteiger partial charge < -0.3 is 14.8 Å². The highest BCUT2D eigenvalue weighted by Gasteiger charge is 2.20. The van der Waals surface area contributed by atoms with E-state index in [9.17, 15) is 4.79 Å². The van der Waals surface area contributed by atoms with Gasteiger partial charge in [0.05, 0.1) is 5.56 Å². The number of aromatic nitrogens is 3. The van der Waals surface area contributed by atoms with Gasteiger partial charge >= 0.3 is 0 Å². The van der Waals surface area contributed by atoms with Gasteiger partial charge in [-0.05, 0) is 25.6 Å². The molecule has 3 rings (SSSR count). The Hall–Kier alpha value is -1.73. The maximum Gasteiger partial charge on any atom is 0.260 e. The molecule has 0 aromatic carbocycles. The van der Waals surface area contributed by atoms with Gasteiger partial charge in [0, 0.05) is 38.8 Å². The van der Waals surface area contributed by atoms with Crippen LogP contribution in [-0.4, -0.2) is 39.8 Å². The van der Waals surface area contributed by atoms with Crippen molar-refractivity contribution >= 4 is 16.5 Å². The Morgan fingerprint density at radius 2 is 2.19 bits per heavy atom. The van der Waals surface area contributed by atoms with Crippen LogP contribution < -0.4 is 10.9 Å². The van der Waals surface area contributed by atoms with Crippen molar-refractivity contribution in [2.45, 2.75) is 19.9 Å². The molecule has 0 aliphatic carbocycles. The lowest BCUT2D eigenvalue weighted by molar-refractivity contribution is 0.306. The van der Waals surface area contributed by atoms with E-state index in [1.54, 1.807) is 4.57 Å². The Morgan fingerprint density at radius 3 is 2.95 bits per heavy atom. The average Bonchev–Trinajstić information content (AvgIpc) is 2.91. The fourth-order valence-corrected chi connectivity index (χ4v) is 3.50. The zero-order chi connectivity index (χ0) is 15.0. The second-order valence-electron chi connectivity index (χ2n) is 5.32. The zero-order valence-electron chi connectivity index (χ0n) is 12.5. The van der Waals surface area contributed by atoms with Gasteiger partial charge in [-0.15, -0.1) is 10.2 Å². The highest BCUT2D eigenvalue weighted by Crippen LogP contribution is 2.26. The predicted molar refractivity (Wildman–Crippen MR) is 84.8 cm³/mol. The topological polar surface area (TPSA) is 63.1 Å². The van der Waals surface area contributed by atoms with Crippen molar-refractivity contribution in [2.24, 2.45) is 7.05 Å². The molecule has 21 heavy (non-hydrogen) atoms. The van der Waals surface area contributed by atoms with E-state index in [0.29, 0.717) is 10.6 Å². The van der Waals surface area contributed by atoms with Crippen molar-refractivity contribution in [3.8, 4) is 10.6 Å². The van der Waals surface area contributed by atoms with Gasteiger partial charge in [0.15, 0.2) is 5.01 Å². The van der Waals surface area contributed by atoms with Crippen LogP contribution in [0.4, 0.5) is 5.13 Å². The summed E-state index contributed by atoms with van der Waals surface area (Å²) in [5.74, 6) is 0. The van der Waals surface area contributed by atoms with Crippen molar-refractivity contribution < 1.29 is 0 Å². The molecule has 1 aliphatic heterocycles. The average molecular weight is 305 g/mol. The highest BCUT2D eigenvalue weighted by molar-refractivity contribution is 7.18. The van der Waals surface area contributed by atoms with Crippen LogP contribution >= 0.6 is 11.3 Å². The molecular formula is C14H19N5OS. The molecule has 2 aromatic rings. The van der Waals surface area contributed by atoms with Crippen LogP contribution in [-0.2, 0) is 20.0 Å². The summed E-state index contributed by atoms with van der Waals surface area (Å²) in [6.45, 7) is 4.66. The van der Waals surface area contributed by atoms with Gasteiger partial charge in [-0.1, -0.05) is 11.3 Å². The first-order valence-corrected chi connectivity index (χ1v) is 7.90. The molecule has 0 fully saturated rings. The summed E-state index contributed by atoms with van der Waals surface area (Å²) < 4.78 is 1.77. The fourth-order valence-electron chi connectivity index (χ4n) is 2.68. The lowest BCUT2D eigenvalue weighted by Gasteiger charge is -2.26. The minimum atomic E-state index is 0.0116. The number of fused-ring (bicyclic) bond motifs is 1. The summed E-state index contributed by atoms with van der Waals surface area (Å²) in [7, 11) is 3.95. The summed E-state index contributed by atoms with van der Waals surface area (Å²) in [6, 6.07) is 1.99. The molecular weight excluding hydrogens is 286 g/mol. The maximum atomic E-state index is 12.6. The van der Waals surface area contributed by atoms with E-state index in [-0.39, 0.29) is 5.56 Å². The number of hydrogen-bond donors (Lipinski definition) is 1. The van der Waals surface area contributed by atoms with E-state index in [1.807, 2.05) is 20.0 Å². The maximum absolute atomic E-state index is 12.6. The molecule has 1 N–H and O–H groups in total. The summed E-state index contributed by atoms with van der Waals surface area (Å²) in [5, 5.41) is 12.8. The molecule has 2 aromatic heterocycles. The quantitative estimate of drug-likeness (QED) is 0.927. The minimum absolute atomic E-state index is 0.0116. The Kier molecular flexibility index (Phi) is 3.77. The lowest BCUT2D eigenvalue weighted by Crippen LogP contribution is -2.33. The first-order chi connectivity index (χ1) is 10.1. The van der Waals surface area contributed by atoms with Crippen molar-refractivity contribution in [3.63, 3.8) is 0 Å². The third-order valence-corrected chi connectivity index (χ3v) is 4.70. The molecule has 3 heterocycles. The Bertz CT molecular complexity index is 721. The van der Waals surface area contributed by atoms with Gasteiger partial charge in [-0.3, -0.25) is 4.79 Å². The van der Waals surface area contributed by atoms with E-state index < -0.39 is 0 Å². The molecule has 1 aliphatic rings. The van der Waals surface area contributed by atoms with Crippen molar-refractivity contribution in [3.05, 3.63) is 27.7 Å². The standard InChI is InChI=1S/C14H19N5OS/c1-4-15-14-17-16-12(21-14)10-7-9-8-18(2)6-5-11(9)19(3)13(10)20/h7H,4-6,8H2,1-3H3,(H,15,17). The second kappa shape index (κ2) is 5.57. The van der Waals surface area contributed by atoms with E-state index >= 15 is 0 Å². The van der Waals surface area contributed by atoms with E-state index in [1.165, 1.54) is 16.9 Å². The molecule has 0 amide bonds. The molecule has 0 saturated heterocycles.